The minimum absolute atomic E-state index is 0.0125. The fraction of sp³-hybridized carbons (Fsp3) is 0.316. The molecule has 2 aromatic carbocycles. The number of nitrogens with zero attached hydrogens (tertiary/aromatic N) is 1. The van der Waals surface area contributed by atoms with Crippen molar-refractivity contribution in [3.8, 4) is 0 Å². The molecule has 0 aliphatic carbocycles. The van der Waals surface area contributed by atoms with E-state index in [9.17, 15) is 18.0 Å². The molecule has 1 unspecified atom stereocenters. The quantitative estimate of drug-likeness (QED) is 0.866. The van der Waals surface area contributed by atoms with Crippen LogP contribution in [-0.2, 0) is 16.8 Å². The Hall–Kier alpha value is -2.34. The molecule has 134 valence electrons. The molecule has 0 radical (unpaired) electrons. The molecule has 0 aliphatic heterocycles. The maximum Gasteiger partial charge on any atom is 0.416 e. The summed E-state index contributed by atoms with van der Waals surface area (Å²) in [6.07, 6.45) is -5.04. The molecule has 2 aromatic rings. The van der Waals surface area contributed by atoms with Crippen molar-refractivity contribution in [1.82, 2.24) is 10.2 Å². The molecule has 0 bridgehead atoms. The first-order chi connectivity index (χ1) is 11.7. The lowest BCUT2D eigenvalue weighted by Gasteiger charge is -2.37. The van der Waals surface area contributed by atoms with Gasteiger partial charge in [0.1, 0.15) is 0 Å². The van der Waals surface area contributed by atoms with Crippen molar-refractivity contribution >= 4 is 5.91 Å². The maximum absolute atomic E-state index is 14.2. The average Bonchev–Trinajstić information content (AvgIpc) is 2.54. The van der Waals surface area contributed by atoms with Crippen molar-refractivity contribution in [1.29, 1.82) is 0 Å². The van der Waals surface area contributed by atoms with E-state index in [4.69, 9.17) is 0 Å². The van der Waals surface area contributed by atoms with Crippen LogP contribution in [0.2, 0.25) is 0 Å². The van der Waals surface area contributed by atoms with Crippen LogP contribution in [0.5, 0.6) is 0 Å². The zero-order chi connectivity index (χ0) is 18.5. The van der Waals surface area contributed by atoms with Crippen molar-refractivity contribution in [2.75, 3.05) is 20.6 Å². The Morgan fingerprint density at radius 2 is 1.48 bits per heavy atom. The Kier molecular flexibility index (Phi) is 5.85. The first-order valence-corrected chi connectivity index (χ1v) is 7.86. The summed E-state index contributed by atoms with van der Waals surface area (Å²) in [5.41, 5.74) is -1.98. The van der Waals surface area contributed by atoms with Gasteiger partial charge < -0.3 is 10.2 Å². The van der Waals surface area contributed by atoms with Gasteiger partial charge in [-0.3, -0.25) is 4.79 Å². The molecule has 0 aliphatic rings. The number of nitrogens with one attached hydrogen (secondary N) is 1. The van der Waals surface area contributed by atoms with Gasteiger partial charge in [-0.1, -0.05) is 60.7 Å². The standard InChI is InChI=1S/C19H21F3N2O/c1-24(2)14-17(25)23-18(19(20,21)22,16-11-7-4-8-12-16)13-15-9-5-3-6-10-15/h3-12H,13-14H2,1-2H3,(H,23,25). The van der Waals surface area contributed by atoms with Crippen molar-refractivity contribution in [3.05, 3.63) is 71.8 Å². The Labute approximate surface area is 145 Å². The van der Waals surface area contributed by atoms with Crippen LogP contribution in [0, 0.1) is 0 Å². The highest BCUT2D eigenvalue weighted by molar-refractivity contribution is 5.79. The van der Waals surface area contributed by atoms with Crippen LogP contribution in [0.3, 0.4) is 0 Å². The van der Waals surface area contributed by atoms with Crippen LogP contribution in [0.1, 0.15) is 11.1 Å². The van der Waals surface area contributed by atoms with Crippen LogP contribution in [-0.4, -0.2) is 37.6 Å². The van der Waals surface area contributed by atoms with E-state index < -0.39 is 17.6 Å². The average molecular weight is 350 g/mol. The number of halogens is 3. The predicted molar refractivity (Wildman–Crippen MR) is 91.0 cm³/mol. The first kappa shape index (κ1) is 19.0. The van der Waals surface area contributed by atoms with Crippen LogP contribution >= 0.6 is 0 Å². The minimum Gasteiger partial charge on any atom is -0.337 e. The summed E-state index contributed by atoms with van der Waals surface area (Å²) in [7, 11) is 3.27. The Balaban J connectivity index is 2.52. The van der Waals surface area contributed by atoms with E-state index in [1.165, 1.54) is 17.0 Å². The predicted octanol–water partition coefficient (Wildman–Crippen LogP) is 3.36. The summed E-state index contributed by atoms with van der Waals surface area (Å²) in [5, 5.41) is 2.26. The molecule has 2 rings (SSSR count). The van der Waals surface area contributed by atoms with Gasteiger partial charge in [-0.2, -0.15) is 13.2 Å². The highest BCUT2D eigenvalue weighted by Crippen LogP contribution is 2.41. The Bertz CT molecular complexity index is 687. The zero-order valence-corrected chi connectivity index (χ0v) is 14.2. The van der Waals surface area contributed by atoms with Crippen molar-refractivity contribution in [2.24, 2.45) is 0 Å². The lowest BCUT2D eigenvalue weighted by Crippen LogP contribution is -2.58. The van der Waals surface area contributed by atoms with Gasteiger partial charge in [-0.25, -0.2) is 0 Å². The third-order valence-corrected chi connectivity index (χ3v) is 3.88. The van der Waals surface area contributed by atoms with Crippen LogP contribution < -0.4 is 5.32 Å². The third kappa shape index (κ3) is 4.60. The Morgan fingerprint density at radius 1 is 0.960 bits per heavy atom. The molecule has 1 amide bonds. The molecule has 6 heteroatoms. The summed E-state index contributed by atoms with van der Waals surface area (Å²) in [6, 6.07) is 15.9. The van der Waals surface area contributed by atoms with Gasteiger partial charge in [-0.05, 0) is 25.2 Å². The van der Waals surface area contributed by atoms with Gasteiger partial charge >= 0.3 is 6.18 Å². The number of rotatable bonds is 6. The number of amides is 1. The number of hydrogen-bond donors (Lipinski definition) is 1. The lowest BCUT2D eigenvalue weighted by molar-refractivity contribution is -0.202. The molecular formula is C19H21F3N2O. The summed E-state index contributed by atoms with van der Waals surface area (Å²) in [6.45, 7) is -0.126. The highest BCUT2D eigenvalue weighted by atomic mass is 19.4. The molecule has 3 nitrogen and oxygen atoms in total. The van der Waals surface area contributed by atoms with Crippen LogP contribution in [0.25, 0.3) is 0 Å². The summed E-state index contributed by atoms with van der Waals surface area (Å²) < 4.78 is 42.6. The molecule has 1 N–H and O–H groups in total. The van der Waals surface area contributed by atoms with Crippen molar-refractivity contribution in [2.45, 2.75) is 18.1 Å². The fourth-order valence-electron chi connectivity index (χ4n) is 2.74. The molecule has 0 saturated carbocycles. The number of likely N-dealkylation sites (N-methyl/N-ethyl adjacent to an activating group) is 1. The minimum atomic E-state index is -4.66. The molecule has 0 heterocycles. The van der Waals surface area contributed by atoms with E-state index >= 15 is 0 Å². The number of hydrogen-bond acceptors (Lipinski definition) is 2. The molecular weight excluding hydrogens is 329 g/mol. The highest BCUT2D eigenvalue weighted by Gasteiger charge is 2.56. The van der Waals surface area contributed by atoms with Gasteiger partial charge in [-0.15, -0.1) is 0 Å². The number of carbonyl (C=O) groups is 1. The van der Waals surface area contributed by atoms with Crippen LogP contribution in [0.15, 0.2) is 60.7 Å². The number of benzene rings is 2. The van der Waals surface area contributed by atoms with E-state index in [-0.39, 0.29) is 18.5 Å². The van der Waals surface area contributed by atoms with E-state index in [1.54, 1.807) is 62.6 Å². The van der Waals surface area contributed by atoms with Gasteiger partial charge in [0.2, 0.25) is 5.91 Å². The van der Waals surface area contributed by atoms with Gasteiger partial charge in [0, 0.05) is 6.42 Å². The smallest absolute Gasteiger partial charge is 0.337 e. The normalized spacial score (nSPS) is 14.2. The van der Waals surface area contributed by atoms with Crippen molar-refractivity contribution < 1.29 is 18.0 Å². The largest absolute Gasteiger partial charge is 0.416 e. The summed E-state index contributed by atoms with van der Waals surface area (Å²) >= 11 is 0. The zero-order valence-electron chi connectivity index (χ0n) is 14.2. The topological polar surface area (TPSA) is 32.3 Å². The lowest BCUT2D eigenvalue weighted by atomic mass is 9.82. The van der Waals surface area contributed by atoms with Crippen molar-refractivity contribution in [3.63, 3.8) is 0 Å². The molecule has 0 aromatic heterocycles. The first-order valence-electron chi connectivity index (χ1n) is 7.86. The second-order valence-electron chi connectivity index (χ2n) is 6.22. The third-order valence-electron chi connectivity index (χ3n) is 3.88. The van der Waals surface area contributed by atoms with Gasteiger partial charge in [0.25, 0.3) is 0 Å². The second-order valence-corrected chi connectivity index (χ2v) is 6.22. The second kappa shape index (κ2) is 7.70. The number of carbonyl (C=O) groups excluding carboxylic acids is 1. The maximum atomic E-state index is 14.2. The molecule has 0 saturated heterocycles. The van der Waals surface area contributed by atoms with E-state index in [2.05, 4.69) is 5.32 Å². The number of alkyl halides is 3. The molecule has 1 atom stereocenters. The SMILES string of the molecule is CN(C)CC(=O)NC(Cc1ccccc1)(c1ccccc1)C(F)(F)F. The summed E-state index contributed by atoms with van der Waals surface area (Å²) in [5.74, 6) is -0.679. The van der Waals surface area contributed by atoms with E-state index in [1.807, 2.05) is 0 Å². The molecule has 0 spiro atoms. The summed E-state index contributed by atoms with van der Waals surface area (Å²) in [4.78, 5) is 13.8. The Morgan fingerprint density at radius 3 is 1.96 bits per heavy atom. The van der Waals surface area contributed by atoms with E-state index in [0.29, 0.717) is 5.56 Å². The fourth-order valence-corrected chi connectivity index (χ4v) is 2.74. The van der Waals surface area contributed by atoms with E-state index in [0.717, 1.165) is 0 Å². The molecule has 0 fully saturated rings. The van der Waals surface area contributed by atoms with Gasteiger partial charge in [0.05, 0.1) is 6.54 Å². The van der Waals surface area contributed by atoms with Gasteiger partial charge in [0.15, 0.2) is 5.54 Å². The molecule has 25 heavy (non-hydrogen) atoms. The van der Waals surface area contributed by atoms with Crippen LogP contribution in [0.4, 0.5) is 13.2 Å². The monoisotopic (exact) mass is 350 g/mol.